The second kappa shape index (κ2) is 14.2. The number of nitrogens with two attached hydrogens (primary N) is 1. The molecule has 1 unspecified atom stereocenters. The molecule has 2 aromatic carbocycles. The number of benzene rings is 2. The summed E-state index contributed by atoms with van der Waals surface area (Å²) in [7, 11) is 1.17. The molecule has 0 aliphatic heterocycles. The number of ether oxygens (including phenoxy) is 3. The normalized spacial score (nSPS) is 12.6. The van der Waals surface area contributed by atoms with Gasteiger partial charge >= 0.3 is 12.1 Å². The van der Waals surface area contributed by atoms with Crippen molar-refractivity contribution in [1.82, 2.24) is 10.2 Å². The van der Waals surface area contributed by atoms with Gasteiger partial charge in [-0.05, 0) is 63.9 Å². The molecule has 39 heavy (non-hydrogen) atoms. The summed E-state index contributed by atoms with van der Waals surface area (Å²) in [6, 6.07) is 9.54. The summed E-state index contributed by atoms with van der Waals surface area (Å²) >= 11 is 12.4. The molecule has 0 aromatic heterocycles. The van der Waals surface area contributed by atoms with Crippen molar-refractivity contribution in [1.29, 1.82) is 0 Å². The van der Waals surface area contributed by atoms with Gasteiger partial charge in [-0.15, -0.1) is 0 Å². The van der Waals surface area contributed by atoms with Crippen LogP contribution in [-0.4, -0.2) is 60.1 Å². The fourth-order valence-electron chi connectivity index (χ4n) is 3.31. The van der Waals surface area contributed by atoms with Crippen molar-refractivity contribution in [2.24, 2.45) is 5.73 Å². The maximum Gasteiger partial charge on any atom is 0.417 e. The summed E-state index contributed by atoms with van der Waals surface area (Å²) in [4.78, 5) is 50.8. The van der Waals surface area contributed by atoms with Gasteiger partial charge < -0.3 is 25.3 Å². The van der Waals surface area contributed by atoms with Crippen molar-refractivity contribution in [2.75, 3.05) is 13.7 Å². The van der Waals surface area contributed by atoms with E-state index in [1.165, 1.54) is 14.0 Å². The van der Waals surface area contributed by atoms with Gasteiger partial charge in [0.15, 0.2) is 0 Å². The number of nitrogens with one attached hydrogen (secondary N) is 1. The van der Waals surface area contributed by atoms with E-state index in [4.69, 9.17) is 38.4 Å². The lowest BCUT2D eigenvalue weighted by Crippen LogP contribution is -2.57. The molecule has 12 heteroatoms. The van der Waals surface area contributed by atoms with Crippen LogP contribution in [0.5, 0.6) is 5.75 Å². The Kier molecular flexibility index (Phi) is 11.6. The standard InChI is InChI=1S/C27H33Cl2N3O7/c1-16(24(34)31-14-23(33)37-5)32(26(36)39-27(2,3)4)25(35)22(30)13-17-9-11-18(12-10-17)38-15-19-20(28)7-6-8-21(19)29/h6-12,16,22H,13-15,30H2,1-5H3,(H,31,34)/t16-,22?/m1/s1. The lowest BCUT2D eigenvalue weighted by Gasteiger charge is -2.31. The summed E-state index contributed by atoms with van der Waals surface area (Å²) in [5, 5.41) is 3.31. The van der Waals surface area contributed by atoms with Crippen LogP contribution in [0.15, 0.2) is 42.5 Å². The van der Waals surface area contributed by atoms with Gasteiger partial charge in [0.05, 0.1) is 13.2 Å². The largest absolute Gasteiger partial charge is 0.489 e. The SMILES string of the molecule is COC(=O)CNC(=O)[C@@H](C)N(C(=O)OC(C)(C)C)C(=O)C(N)Cc1ccc(OCc2c(Cl)cccc2Cl)cc1. The van der Waals surface area contributed by atoms with Gasteiger partial charge in [-0.2, -0.15) is 0 Å². The second-order valence-corrected chi connectivity index (χ2v) is 10.4. The first-order chi connectivity index (χ1) is 18.2. The Morgan fingerprint density at radius 1 is 1.03 bits per heavy atom. The van der Waals surface area contributed by atoms with Crippen LogP contribution >= 0.6 is 23.2 Å². The average Bonchev–Trinajstić information content (AvgIpc) is 2.86. The Morgan fingerprint density at radius 3 is 2.15 bits per heavy atom. The monoisotopic (exact) mass is 581 g/mol. The molecule has 2 rings (SSSR count). The fourth-order valence-corrected chi connectivity index (χ4v) is 3.82. The van der Waals surface area contributed by atoms with Gasteiger partial charge in [0.1, 0.15) is 30.5 Å². The van der Waals surface area contributed by atoms with Crippen molar-refractivity contribution >= 4 is 47.1 Å². The zero-order chi connectivity index (χ0) is 29.3. The molecule has 10 nitrogen and oxygen atoms in total. The van der Waals surface area contributed by atoms with Crippen LogP contribution < -0.4 is 15.8 Å². The smallest absolute Gasteiger partial charge is 0.417 e. The van der Waals surface area contributed by atoms with Crippen molar-refractivity contribution in [2.45, 2.75) is 58.4 Å². The molecule has 212 valence electrons. The highest BCUT2D eigenvalue weighted by molar-refractivity contribution is 6.35. The number of methoxy groups -OCH3 is 1. The van der Waals surface area contributed by atoms with Crippen LogP contribution in [0.4, 0.5) is 4.79 Å². The molecule has 0 saturated carbocycles. The topological polar surface area (TPSA) is 137 Å². The Bertz CT molecular complexity index is 1160. The summed E-state index contributed by atoms with van der Waals surface area (Å²) in [5.41, 5.74) is 6.58. The quantitative estimate of drug-likeness (QED) is 0.403. The molecule has 0 fully saturated rings. The number of carbonyl (C=O) groups excluding carboxylic acids is 4. The highest BCUT2D eigenvalue weighted by atomic mass is 35.5. The van der Waals surface area contributed by atoms with E-state index in [1.54, 1.807) is 63.2 Å². The van der Waals surface area contributed by atoms with Crippen molar-refractivity contribution in [3.05, 3.63) is 63.6 Å². The zero-order valence-corrected chi connectivity index (χ0v) is 24.0. The van der Waals surface area contributed by atoms with E-state index in [1.807, 2.05) is 0 Å². The predicted molar refractivity (Wildman–Crippen MR) is 146 cm³/mol. The van der Waals surface area contributed by atoms with Crippen LogP contribution in [0.1, 0.15) is 38.8 Å². The minimum absolute atomic E-state index is 0.0608. The van der Waals surface area contributed by atoms with E-state index in [0.29, 0.717) is 31.8 Å². The number of nitrogens with zero attached hydrogens (tertiary/aromatic N) is 1. The molecule has 0 aliphatic carbocycles. The molecule has 0 saturated heterocycles. The van der Waals surface area contributed by atoms with E-state index in [2.05, 4.69) is 10.1 Å². The Morgan fingerprint density at radius 2 is 1.62 bits per heavy atom. The number of esters is 1. The molecular weight excluding hydrogens is 549 g/mol. The number of carbonyl (C=O) groups is 4. The van der Waals surface area contributed by atoms with Gasteiger partial charge in [0.2, 0.25) is 11.8 Å². The molecule has 0 spiro atoms. The summed E-state index contributed by atoms with van der Waals surface area (Å²) in [6.07, 6.45) is -0.976. The molecule has 0 aliphatic rings. The second-order valence-electron chi connectivity index (χ2n) is 9.60. The van der Waals surface area contributed by atoms with E-state index >= 15 is 0 Å². The number of hydrogen-bond donors (Lipinski definition) is 2. The molecule has 2 aromatic rings. The first-order valence-electron chi connectivity index (χ1n) is 12.0. The summed E-state index contributed by atoms with van der Waals surface area (Å²) in [5.74, 6) is -1.73. The lowest BCUT2D eigenvalue weighted by molar-refractivity contribution is -0.143. The number of hydrogen-bond acceptors (Lipinski definition) is 8. The van der Waals surface area contributed by atoms with Crippen molar-refractivity contribution in [3.8, 4) is 5.75 Å². The van der Waals surface area contributed by atoms with Crippen molar-refractivity contribution in [3.63, 3.8) is 0 Å². The van der Waals surface area contributed by atoms with Crippen LogP contribution in [0, 0.1) is 0 Å². The molecule has 0 radical (unpaired) electrons. The molecule has 3 amide bonds. The number of halogens is 2. The molecule has 0 heterocycles. The molecule has 0 bridgehead atoms. The predicted octanol–water partition coefficient (Wildman–Crippen LogP) is 3.88. The maximum atomic E-state index is 13.3. The fraction of sp³-hybridized carbons (Fsp3) is 0.407. The van der Waals surface area contributed by atoms with E-state index in [9.17, 15) is 19.2 Å². The average molecular weight is 582 g/mol. The summed E-state index contributed by atoms with van der Waals surface area (Å²) < 4.78 is 15.6. The van der Waals surface area contributed by atoms with Crippen molar-refractivity contribution < 1.29 is 33.4 Å². The number of rotatable bonds is 10. The zero-order valence-electron chi connectivity index (χ0n) is 22.5. The highest BCUT2D eigenvalue weighted by Gasteiger charge is 2.37. The lowest BCUT2D eigenvalue weighted by atomic mass is 10.0. The van der Waals surface area contributed by atoms with Gasteiger partial charge in [0.25, 0.3) is 0 Å². The third-order valence-corrected chi connectivity index (χ3v) is 6.08. The molecule has 2 atom stereocenters. The minimum atomic E-state index is -1.31. The third-order valence-electron chi connectivity index (χ3n) is 5.37. The van der Waals surface area contributed by atoms with E-state index in [-0.39, 0.29) is 13.0 Å². The first-order valence-corrected chi connectivity index (χ1v) is 12.8. The Labute approximate surface area is 237 Å². The first kappa shape index (κ1) is 31.9. The van der Waals surface area contributed by atoms with E-state index < -0.39 is 48.1 Å². The number of amides is 3. The van der Waals surface area contributed by atoms with Crippen LogP contribution in [0.25, 0.3) is 0 Å². The summed E-state index contributed by atoms with van der Waals surface area (Å²) in [6.45, 7) is 5.94. The Hall–Kier alpha value is -3.34. The molecular formula is C27H33Cl2N3O7. The maximum absolute atomic E-state index is 13.3. The van der Waals surface area contributed by atoms with Gasteiger partial charge in [0, 0.05) is 15.6 Å². The van der Waals surface area contributed by atoms with E-state index in [0.717, 1.165) is 0 Å². The van der Waals surface area contributed by atoms with Crippen LogP contribution in [0.2, 0.25) is 10.0 Å². The Balaban J connectivity index is 2.12. The number of imide groups is 1. The van der Waals surface area contributed by atoms with Gasteiger partial charge in [-0.3, -0.25) is 14.4 Å². The van der Waals surface area contributed by atoms with Crippen LogP contribution in [-0.2, 0) is 36.9 Å². The highest BCUT2D eigenvalue weighted by Crippen LogP contribution is 2.26. The van der Waals surface area contributed by atoms with Gasteiger partial charge in [-0.25, -0.2) is 9.69 Å². The van der Waals surface area contributed by atoms with Gasteiger partial charge in [-0.1, -0.05) is 41.4 Å². The third kappa shape index (κ3) is 9.72. The van der Waals surface area contributed by atoms with Crippen LogP contribution in [0.3, 0.4) is 0 Å². The minimum Gasteiger partial charge on any atom is -0.489 e. The molecule has 3 N–H and O–H groups in total.